The van der Waals surface area contributed by atoms with Gasteiger partial charge in [0, 0.05) is 6.42 Å². The molecule has 60 heavy (non-hydrogen) atoms. The van der Waals surface area contributed by atoms with Gasteiger partial charge in [0.05, 0.1) is 5.92 Å². The Kier molecular flexibility index (Phi) is 28.5. The third-order valence-electron chi connectivity index (χ3n) is 12.2. The molecule has 0 saturated heterocycles. The molecule has 6 heteroatoms. The summed E-state index contributed by atoms with van der Waals surface area (Å²) in [5.74, 6) is 1.79. The summed E-state index contributed by atoms with van der Waals surface area (Å²) < 4.78 is 11.0. The molecule has 0 heterocycles. The lowest BCUT2D eigenvalue weighted by Gasteiger charge is -2.17. The van der Waals surface area contributed by atoms with Crippen molar-refractivity contribution in [3.8, 4) is 23.0 Å². The monoisotopic (exact) mass is 827 g/mol. The smallest absolute Gasteiger partial charge is 0.314 e. The Labute approximate surface area is 365 Å². The summed E-state index contributed by atoms with van der Waals surface area (Å²) in [6.07, 6.45) is 38.3. The van der Waals surface area contributed by atoms with E-state index in [2.05, 4.69) is 31.2 Å². The lowest BCUT2D eigenvalue weighted by atomic mass is 9.89. The zero-order valence-corrected chi connectivity index (χ0v) is 37.6. The first-order valence-electron chi connectivity index (χ1n) is 24.5. The Morgan fingerprint density at radius 2 is 0.850 bits per heavy atom. The van der Waals surface area contributed by atoms with Crippen LogP contribution in [0.15, 0.2) is 78.9 Å². The first-order chi connectivity index (χ1) is 29.4. The second kappa shape index (κ2) is 33.9. The SMILES string of the molecule is CCCCCC(CCCCCCCCCCCCCC(=O)Oc1ccc(O)cc1)CCCCCCCCCCCCC(CCc1ccccc1)C(=O)Oc1ccc(O)cc1. The fourth-order valence-electron chi connectivity index (χ4n) is 8.42. The highest BCUT2D eigenvalue weighted by atomic mass is 16.5. The first-order valence-corrected chi connectivity index (χ1v) is 24.5. The standard InChI is InChI=1S/C54H82O6/c1-2-3-22-29-46(30-23-17-13-9-5-4-6-12-16-20-28-35-53(57)59-51-42-38-49(55)39-43-51)31-24-18-14-10-7-8-11-15-19-27-34-48(37-36-47-32-25-21-26-33-47)54(58)60-52-44-40-50(56)41-45-52/h21,25-26,32-33,38-46,48,55-56H,2-20,22-24,27-31,34-37H2,1H3. The van der Waals surface area contributed by atoms with E-state index < -0.39 is 0 Å². The van der Waals surface area contributed by atoms with Crippen LogP contribution >= 0.6 is 0 Å². The average Bonchev–Trinajstić information content (AvgIpc) is 3.25. The zero-order valence-electron chi connectivity index (χ0n) is 37.6. The van der Waals surface area contributed by atoms with Crippen molar-refractivity contribution in [2.45, 2.75) is 206 Å². The number of hydrogen-bond donors (Lipinski definition) is 2. The average molecular weight is 827 g/mol. The number of aromatic hydroxyl groups is 2. The maximum atomic E-state index is 13.1. The molecule has 0 aliphatic carbocycles. The molecule has 3 rings (SSSR count). The second-order valence-corrected chi connectivity index (χ2v) is 17.5. The van der Waals surface area contributed by atoms with Gasteiger partial charge in [-0.15, -0.1) is 0 Å². The molecule has 334 valence electrons. The normalized spacial score (nSPS) is 12.3. The van der Waals surface area contributed by atoms with E-state index in [9.17, 15) is 19.8 Å². The highest BCUT2D eigenvalue weighted by molar-refractivity contribution is 5.75. The largest absolute Gasteiger partial charge is 0.508 e. The van der Waals surface area contributed by atoms with Crippen molar-refractivity contribution in [3.63, 3.8) is 0 Å². The van der Waals surface area contributed by atoms with Gasteiger partial charge in [0.15, 0.2) is 0 Å². The summed E-state index contributed by atoms with van der Waals surface area (Å²) in [7, 11) is 0. The highest BCUT2D eigenvalue weighted by Crippen LogP contribution is 2.26. The number of rotatable bonds is 37. The molecule has 0 spiro atoms. The Morgan fingerprint density at radius 1 is 0.450 bits per heavy atom. The lowest BCUT2D eigenvalue weighted by molar-refractivity contribution is -0.139. The molecule has 0 aliphatic heterocycles. The number of ether oxygens (including phenoxy) is 2. The molecule has 6 nitrogen and oxygen atoms in total. The van der Waals surface area contributed by atoms with Crippen LogP contribution in [-0.4, -0.2) is 22.2 Å². The van der Waals surface area contributed by atoms with Crippen LogP contribution < -0.4 is 9.47 Å². The highest BCUT2D eigenvalue weighted by Gasteiger charge is 2.21. The van der Waals surface area contributed by atoms with Crippen molar-refractivity contribution < 1.29 is 29.3 Å². The minimum atomic E-state index is -0.192. The first kappa shape index (κ1) is 50.6. The van der Waals surface area contributed by atoms with Crippen LogP contribution in [-0.2, 0) is 16.0 Å². The molecule has 0 amide bonds. The minimum Gasteiger partial charge on any atom is -0.508 e. The van der Waals surface area contributed by atoms with E-state index in [0.717, 1.165) is 44.4 Å². The van der Waals surface area contributed by atoms with Crippen molar-refractivity contribution in [2.75, 3.05) is 0 Å². The van der Waals surface area contributed by atoms with Crippen LogP contribution in [0.3, 0.4) is 0 Å². The summed E-state index contributed by atoms with van der Waals surface area (Å²) in [4.78, 5) is 25.1. The quantitative estimate of drug-likeness (QED) is 0.0342. The van der Waals surface area contributed by atoms with Gasteiger partial charge < -0.3 is 19.7 Å². The van der Waals surface area contributed by atoms with Crippen molar-refractivity contribution >= 4 is 11.9 Å². The van der Waals surface area contributed by atoms with Crippen LogP contribution in [0.25, 0.3) is 0 Å². The Bertz CT molecular complexity index is 1470. The van der Waals surface area contributed by atoms with E-state index >= 15 is 0 Å². The lowest BCUT2D eigenvalue weighted by Crippen LogP contribution is -2.21. The van der Waals surface area contributed by atoms with Gasteiger partial charge >= 0.3 is 11.9 Å². The summed E-state index contributed by atoms with van der Waals surface area (Å²) in [6, 6.07) is 23.1. The number of phenols is 2. The van der Waals surface area contributed by atoms with Gasteiger partial charge in [0.1, 0.15) is 23.0 Å². The number of esters is 2. The van der Waals surface area contributed by atoms with E-state index in [1.165, 1.54) is 172 Å². The summed E-state index contributed by atoms with van der Waals surface area (Å²) >= 11 is 0. The number of unbranched alkanes of at least 4 members (excludes halogenated alkanes) is 21. The molecule has 0 aliphatic rings. The molecule has 0 saturated carbocycles. The van der Waals surface area contributed by atoms with Crippen LogP contribution in [0.4, 0.5) is 0 Å². The van der Waals surface area contributed by atoms with Gasteiger partial charge in [-0.3, -0.25) is 9.59 Å². The molecule has 0 radical (unpaired) electrons. The number of hydrogen-bond acceptors (Lipinski definition) is 6. The van der Waals surface area contributed by atoms with E-state index in [-0.39, 0.29) is 29.4 Å². The maximum Gasteiger partial charge on any atom is 0.314 e. The molecule has 0 fully saturated rings. The summed E-state index contributed by atoms with van der Waals surface area (Å²) in [6.45, 7) is 2.32. The van der Waals surface area contributed by atoms with E-state index in [1.807, 2.05) is 6.07 Å². The van der Waals surface area contributed by atoms with E-state index in [0.29, 0.717) is 17.9 Å². The van der Waals surface area contributed by atoms with Crippen molar-refractivity contribution in [1.82, 2.24) is 0 Å². The van der Waals surface area contributed by atoms with Crippen molar-refractivity contribution in [2.24, 2.45) is 11.8 Å². The molecule has 0 bridgehead atoms. The third-order valence-corrected chi connectivity index (χ3v) is 12.2. The summed E-state index contributed by atoms with van der Waals surface area (Å²) in [5, 5.41) is 18.9. The third kappa shape index (κ3) is 25.7. The molecule has 2 N–H and O–H groups in total. The topological polar surface area (TPSA) is 93.1 Å². The fourth-order valence-corrected chi connectivity index (χ4v) is 8.42. The number of phenolic OH excluding ortho intramolecular Hbond substituents is 2. The molecular weight excluding hydrogens is 745 g/mol. The maximum absolute atomic E-state index is 13.1. The fraction of sp³-hybridized carbons (Fsp3) is 0.630. The zero-order chi connectivity index (χ0) is 42.7. The van der Waals surface area contributed by atoms with Gasteiger partial charge in [0.2, 0.25) is 0 Å². The molecule has 3 aromatic rings. The second-order valence-electron chi connectivity index (χ2n) is 17.5. The predicted octanol–water partition coefficient (Wildman–Crippen LogP) is 15.8. The van der Waals surface area contributed by atoms with Gasteiger partial charge in [-0.2, -0.15) is 0 Å². The molecular formula is C54H82O6. The number of carbonyl (C=O) groups excluding carboxylic acids is 2. The van der Waals surface area contributed by atoms with Gasteiger partial charge in [-0.05, 0) is 85.7 Å². The molecule has 3 aromatic carbocycles. The van der Waals surface area contributed by atoms with Crippen LogP contribution in [0.5, 0.6) is 23.0 Å². The predicted molar refractivity (Wildman–Crippen MR) is 249 cm³/mol. The number of benzene rings is 3. The van der Waals surface area contributed by atoms with E-state index in [4.69, 9.17) is 9.47 Å². The molecule has 2 unspecified atom stereocenters. The van der Waals surface area contributed by atoms with Crippen LogP contribution in [0, 0.1) is 11.8 Å². The van der Waals surface area contributed by atoms with Crippen LogP contribution in [0.2, 0.25) is 0 Å². The van der Waals surface area contributed by atoms with Gasteiger partial charge in [0.25, 0.3) is 0 Å². The van der Waals surface area contributed by atoms with E-state index in [1.54, 1.807) is 36.4 Å². The molecule has 2 atom stereocenters. The Morgan fingerprint density at radius 3 is 1.32 bits per heavy atom. The molecule has 0 aromatic heterocycles. The number of carbonyl (C=O) groups is 2. The number of aryl methyl sites for hydroxylation is 1. The Hall–Kier alpha value is -3.80. The van der Waals surface area contributed by atoms with Crippen LogP contribution in [0.1, 0.15) is 205 Å². The van der Waals surface area contributed by atoms with Crippen molar-refractivity contribution in [3.05, 3.63) is 84.4 Å². The Balaban J connectivity index is 1.13. The van der Waals surface area contributed by atoms with Crippen molar-refractivity contribution in [1.29, 1.82) is 0 Å². The van der Waals surface area contributed by atoms with Gasteiger partial charge in [-0.25, -0.2) is 0 Å². The summed E-state index contributed by atoms with van der Waals surface area (Å²) in [5.41, 5.74) is 1.25. The minimum absolute atomic E-state index is 0.118. The van der Waals surface area contributed by atoms with Gasteiger partial charge in [-0.1, -0.05) is 204 Å².